The highest BCUT2D eigenvalue weighted by molar-refractivity contribution is 6.04. The van der Waals surface area contributed by atoms with Crippen LogP contribution in [-0.4, -0.2) is 26.2 Å². The average molecular weight is 341 g/mol. The van der Waals surface area contributed by atoms with Crippen LogP contribution in [0.3, 0.4) is 0 Å². The molecule has 0 bridgehead atoms. The summed E-state index contributed by atoms with van der Waals surface area (Å²) in [6.07, 6.45) is 5.05. The maximum atomic E-state index is 12.4. The van der Waals surface area contributed by atoms with Gasteiger partial charge in [-0.2, -0.15) is 0 Å². The van der Waals surface area contributed by atoms with Gasteiger partial charge in [0, 0.05) is 11.3 Å². The van der Waals surface area contributed by atoms with Crippen molar-refractivity contribution < 1.29 is 19.0 Å². The topological polar surface area (TPSA) is 56.8 Å². The molecule has 0 unspecified atom stereocenters. The predicted molar refractivity (Wildman–Crippen MR) is 96.8 cm³/mol. The molecule has 2 aromatic carbocycles. The molecule has 0 radical (unpaired) electrons. The Hall–Kier alpha value is -2.69. The van der Waals surface area contributed by atoms with Crippen LogP contribution >= 0.6 is 0 Å². The Morgan fingerprint density at radius 1 is 0.960 bits per heavy atom. The van der Waals surface area contributed by atoms with Gasteiger partial charge in [-0.1, -0.05) is 0 Å². The molecule has 0 saturated heterocycles. The summed E-state index contributed by atoms with van der Waals surface area (Å²) in [5.74, 6) is 1.75. The van der Waals surface area contributed by atoms with Gasteiger partial charge >= 0.3 is 0 Å². The standard InChI is InChI=1S/C20H23NO4/c1-23-18-12-7-14(13-19(18)24-2)20(22)21-15-8-10-17(11-9-15)25-16-5-3-4-6-16/h7-13,16H,3-6H2,1-2H3,(H,21,22). The van der Waals surface area contributed by atoms with Gasteiger partial charge in [-0.3, -0.25) is 4.79 Å². The van der Waals surface area contributed by atoms with E-state index in [2.05, 4.69) is 5.32 Å². The molecule has 1 aliphatic carbocycles. The fraction of sp³-hybridized carbons (Fsp3) is 0.350. The van der Waals surface area contributed by atoms with Crippen molar-refractivity contribution in [3.8, 4) is 17.2 Å². The van der Waals surface area contributed by atoms with Crippen LogP contribution in [0.15, 0.2) is 42.5 Å². The van der Waals surface area contributed by atoms with Crippen LogP contribution < -0.4 is 19.5 Å². The van der Waals surface area contributed by atoms with E-state index in [1.165, 1.54) is 12.8 Å². The molecule has 0 aromatic heterocycles. The van der Waals surface area contributed by atoms with Gasteiger partial charge in [-0.25, -0.2) is 0 Å². The van der Waals surface area contributed by atoms with E-state index in [0.29, 0.717) is 23.2 Å². The summed E-state index contributed by atoms with van der Waals surface area (Å²) >= 11 is 0. The van der Waals surface area contributed by atoms with E-state index in [-0.39, 0.29) is 5.91 Å². The number of hydrogen-bond acceptors (Lipinski definition) is 4. The molecule has 2 aromatic rings. The molecule has 3 rings (SSSR count). The molecule has 0 heterocycles. The Balaban J connectivity index is 1.64. The third kappa shape index (κ3) is 4.24. The van der Waals surface area contributed by atoms with Crippen LogP contribution in [-0.2, 0) is 0 Å². The lowest BCUT2D eigenvalue weighted by atomic mass is 10.2. The van der Waals surface area contributed by atoms with E-state index in [1.54, 1.807) is 32.4 Å². The normalized spacial score (nSPS) is 14.2. The van der Waals surface area contributed by atoms with Crippen LogP contribution in [0, 0.1) is 0 Å². The molecule has 0 spiro atoms. The fourth-order valence-electron chi connectivity index (χ4n) is 3.00. The lowest BCUT2D eigenvalue weighted by Gasteiger charge is -2.13. The highest BCUT2D eigenvalue weighted by Gasteiger charge is 2.16. The molecule has 5 nitrogen and oxygen atoms in total. The number of benzene rings is 2. The summed E-state index contributed by atoms with van der Waals surface area (Å²) in [6.45, 7) is 0. The van der Waals surface area contributed by atoms with Crippen molar-refractivity contribution in [3.63, 3.8) is 0 Å². The van der Waals surface area contributed by atoms with Crippen LogP contribution in [0.5, 0.6) is 17.2 Å². The smallest absolute Gasteiger partial charge is 0.255 e. The van der Waals surface area contributed by atoms with Gasteiger partial charge in [-0.05, 0) is 68.1 Å². The molecular formula is C20H23NO4. The maximum Gasteiger partial charge on any atom is 0.255 e. The number of rotatable bonds is 6. The van der Waals surface area contributed by atoms with Crippen molar-refractivity contribution in [2.45, 2.75) is 31.8 Å². The molecule has 132 valence electrons. The number of carbonyl (C=O) groups excluding carboxylic acids is 1. The summed E-state index contributed by atoms with van der Waals surface area (Å²) in [6, 6.07) is 12.6. The minimum absolute atomic E-state index is 0.203. The molecular weight excluding hydrogens is 318 g/mol. The third-order valence-corrected chi connectivity index (χ3v) is 4.36. The van der Waals surface area contributed by atoms with E-state index >= 15 is 0 Å². The van der Waals surface area contributed by atoms with Crippen LogP contribution in [0.1, 0.15) is 36.0 Å². The molecule has 1 N–H and O–H groups in total. The van der Waals surface area contributed by atoms with Gasteiger partial charge in [0.25, 0.3) is 5.91 Å². The Kier molecular flexibility index (Phi) is 5.43. The second kappa shape index (κ2) is 7.92. The lowest BCUT2D eigenvalue weighted by molar-refractivity contribution is 0.102. The second-order valence-electron chi connectivity index (χ2n) is 6.07. The number of nitrogens with one attached hydrogen (secondary N) is 1. The maximum absolute atomic E-state index is 12.4. The summed E-state index contributed by atoms with van der Waals surface area (Å²) in [4.78, 5) is 12.4. The Labute approximate surface area is 147 Å². The van der Waals surface area contributed by atoms with Gasteiger partial charge < -0.3 is 19.5 Å². The summed E-state index contributed by atoms with van der Waals surface area (Å²) < 4.78 is 16.4. The minimum atomic E-state index is -0.203. The largest absolute Gasteiger partial charge is 0.493 e. The first kappa shape index (κ1) is 17.1. The first-order chi connectivity index (χ1) is 12.2. The van der Waals surface area contributed by atoms with E-state index in [0.717, 1.165) is 24.3 Å². The quantitative estimate of drug-likeness (QED) is 0.852. The van der Waals surface area contributed by atoms with Gasteiger partial charge in [0.05, 0.1) is 20.3 Å². The zero-order valence-electron chi connectivity index (χ0n) is 14.6. The number of hydrogen-bond donors (Lipinski definition) is 1. The minimum Gasteiger partial charge on any atom is -0.493 e. The highest BCUT2D eigenvalue weighted by Crippen LogP contribution is 2.28. The van der Waals surface area contributed by atoms with Crippen molar-refractivity contribution >= 4 is 11.6 Å². The van der Waals surface area contributed by atoms with Crippen LogP contribution in [0.25, 0.3) is 0 Å². The number of anilines is 1. The number of ether oxygens (including phenoxy) is 3. The van der Waals surface area contributed by atoms with E-state index < -0.39 is 0 Å². The van der Waals surface area contributed by atoms with Gasteiger partial charge in [0.15, 0.2) is 11.5 Å². The van der Waals surface area contributed by atoms with E-state index in [4.69, 9.17) is 14.2 Å². The number of amides is 1. The van der Waals surface area contributed by atoms with Crippen molar-refractivity contribution in [2.24, 2.45) is 0 Å². The molecule has 1 saturated carbocycles. The molecule has 0 aliphatic heterocycles. The molecule has 25 heavy (non-hydrogen) atoms. The second-order valence-corrected chi connectivity index (χ2v) is 6.07. The molecule has 1 aliphatic rings. The van der Waals surface area contributed by atoms with E-state index in [9.17, 15) is 4.79 Å². The number of methoxy groups -OCH3 is 2. The van der Waals surface area contributed by atoms with Gasteiger partial charge in [0.2, 0.25) is 0 Å². The molecule has 1 fully saturated rings. The Bertz CT molecular complexity index is 721. The first-order valence-electron chi connectivity index (χ1n) is 8.49. The summed E-state index contributed by atoms with van der Waals surface area (Å²) in [5, 5.41) is 2.88. The van der Waals surface area contributed by atoms with Gasteiger partial charge in [0.1, 0.15) is 5.75 Å². The molecule has 0 atom stereocenters. The van der Waals surface area contributed by atoms with Crippen molar-refractivity contribution in [2.75, 3.05) is 19.5 Å². The van der Waals surface area contributed by atoms with Crippen LogP contribution in [0.4, 0.5) is 5.69 Å². The predicted octanol–water partition coefficient (Wildman–Crippen LogP) is 4.28. The van der Waals surface area contributed by atoms with Crippen molar-refractivity contribution in [3.05, 3.63) is 48.0 Å². The van der Waals surface area contributed by atoms with Crippen molar-refractivity contribution in [1.82, 2.24) is 0 Å². The monoisotopic (exact) mass is 341 g/mol. The molecule has 5 heteroatoms. The van der Waals surface area contributed by atoms with Crippen molar-refractivity contribution in [1.29, 1.82) is 0 Å². The van der Waals surface area contributed by atoms with Gasteiger partial charge in [-0.15, -0.1) is 0 Å². The zero-order valence-corrected chi connectivity index (χ0v) is 14.6. The Morgan fingerprint density at radius 2 is 1.64 bits per heavy atom. The Morgan fingerprint density at radius 3 is 2.28 bits per heavy atom. The first-order valence-corrected chi connectivity index (χ1v) is 8.49. The zero-order chi connectivity index (χ0) is 17.6. The highest BCUT2D eigenvalue weighted by atomic mass is 16.5. The molecule has 1 amide bonds. The SMILES string of the molecule is COc1ccc(C(=O)Nc2ccc(OC3CCCC3)cc2)cc1OC. The average Bonchev–Trinajstić information content (AvgIpc) is 3.15. The summed E-state index contributed by atoms with van der Waals surface area (Å²) in [7, 11) is 3.11. The lowest BCUT2D eigenvalue weighted by Crippen LogP contribution is -2.13. The van der Waals surface area contributed by atoms with Crippen LogP contribution in [0.2, 0.25) is 0 Å². The van der Waals surface area contributed by atoms with E-state index in [1.807, 2.05) is 24.3 Å². The fourth-order valence-corrected chi connectivity index (χ4v) is 3.00. The third-order valence-electron chi connectivity index (χ3n) is 4.36. The number of carbonyl (C=O) groups is 1. The summed E-state index contributed by atoms with van der Waals surface area (Å²) in [5.41, 5.74) is 1.22.